The van der Waals surface area contributed by atoms with Gasteiger partial charge < -0.3 is 21.7 Å². The summed E-state index contributed by atoms with van der Waals surface area (Å²) in [6.07, 6.45) is 6.46. The van der Waals surface area contributed by atoms with Crippen LogP contribution in [0.25, 0.3) is 0 Å². The normalized spacial score (nSPS) is 9.40. The molecule has 30 heavy (non-hydrogen) atoms. The second-order valence-electron chi connectivity index (χ2n) is 5.76. The number of pyridine rings is 3. The molecule has 9 heteroatoms. The lowest BCUT2D eigenvalue weighted by molar-refractivity contribution is 0.0690. The summed E-state index contributed by atoms with van der Waals surface area (Å²) in [7, 11) is 0. The number of aromatic carboxylic acids is 2. The van der Waals surface area contributed by atoms with E-state index in [4.69, 9.17) is 21.7 Å². The summed E-state index contributed by atoms with van der Waals surface area (Å²) in [6.45, 7) is 1.36. The number of carboxylic acid groups (broad SMARTS) is 2. The smallest absolute Gasteiger partial charge is 0.354 e. The minimum atomic E-state index is -1.24. The molecule has 0 unspecified atom stereocenters. The molecule has 0 saturated carbocycles. The van der Waals surface area contributed by atoms with Gasteiger partial charge in [-0.15, -0.1) is 0 Å². The highest BCUT2D eigenvalue weighted by molar-refractivity contribution is 5.92. The van der Waals surface area contributed by atoms with Crippen molar-refractivity contribution in [3.05, 3.63) is 89.8 Å². The first-order chi connectivity index (χ1) is 14.5. The second kappa shape index (κ2) is 14.3. The number of carboxylic acids is 2. The van der Waals surface area contributed by atoms with Crippen molar-refractivity contribution in [2.75, 3.05) is 13.1 Å². The predicted octanol–water partition coefficient (Wildman–Crippen LogP) is 1.64. The number of hydrogen-bond donors (Lipinski definition) is 4. The summed E-state index contributed by atoms with van der Waals surface area (Å²) in [5.41, 5.74) is 12.4. The van der Waals surface area contributed by atoms with Gasteiger partial charge in [-0.05, 0) is 49.5 Å². The highest BCUT2D eigenvalue weighted by Crippen LogP contribution is 2.01. The van der Waals surface area contributed by atoms with Crippen LogP contribution in [0.1, 0.15) is 32.2 Å². The van der Waals surface area contributed by atoms with Crippen LogP contribution in [-0.4, -0.2) is 50.2 Å². The third-order valence-electron chi connectivity index (χ3n) is 3.48. The number of hydrogen-bond acceptors (Lipinski definition) is 7. The predicted molar refractivity (Wildman–Crippen MR) is 112 cm³/mol. The maximum Gasteiger partial charge on any atom is 0.354 e. The van der Waals surface area contributed by atoms with Crippen molar-refractivity contribution < 1.29 is 19.8 Å². The zero-order valence-electron chi connectivity index (χ0n) is 16.4. The van der Waals surface area contributed by atoms with E-state index in [1.165, 1.54) is 6.07 Å². The molecule has 0 bridgehead atoms. The maximum atomic E-state index is 10.4. The first-order valence-corrected chi connectivity index (χ1v) is 9.10. The van der Waals surface area contributed by atoms with E-state index in [0.717, 1.165) is 36.5 Å². The van der Waals surface area contributed by atoms with E-state index >= 15 is 0 Å². The van der Waals surface area contributed by atoms with Crippen molar-refractivity contribution in [1.82, 2.24) is 15.0 Å². The van der Waals surface area contributed by atoms with Crippen LogP contribution in [0, 0.1) is 0 Å². The molecule has 0 atom stereocenters. The molecule has 6 N–H and O–H groups in total. The Kier molecular flexibility index (Phi) is 11.6. The van der Waals surface area contributed by atoms with Gasteiger partial charge in [0.15, 0.2) is 0 Å². The molecule has 9 nitrogen and oxygen atoms in total. The molecule has 3 rings (SSSR count). The van der Waals surface area contributed by atoms with Gasteiger partial charge in [0.25, 0.3) is 0 Å². The van der Waals surface area contributed by atoms with E-state index in [9.17, 15) is 9.59 Å². The zero-order chi connectivity index (χ0) is 22.2. The topological polar surface area (TPSA) is 165 Å². The number of rotatable bonds is 6. The molecule has 0 aromatic carbocycles. The summed E-state index contributed by atoms with van der Waals surface area (Å²) in [5.74, 6) is -2.40. The lowest BCUT2D eigenvalue weighted by Crippen LogP contribution is -2.03. The Hall–Kier alpha value is -3.69. The largest absolute Gasteiger partial charge is 0.478 e. The summed E-state index contributed by atoms with van der Waals surface area (Å²) in [4.78, 5) is 32.3. The summed E-state index contributed by atoms with van der Waals surface area (Å²) in [5, 5.41) is 16.9. The first-order valence-electron chi connectivity index (χ1n) is 9.10. The van der Waals surface area contributed by atoms with Crippen LogP contribution in [0.5, 0.6) is 0 Å². The highest BCUT2D eigenvalue weighted by Gasteiger charge is 2.08. The molecule has 0 radical (unpaired) electrons. The Morgan fingerprint density at radius 3 is 1.63 bits per heavy atom. The molecule has 3 aromatic rings. The lowest BCUT2D eigenvalue weighted by atomic mass is 10.2. The molecular formula is C21H25N5O4. The fraction of sp³-hybridized carbons (Fsp3) is 0.190. The summed E-state index contributed by atoms with van der Waals surface area (Å²) in [6, 6.07) is 13.9. The number of nitrogens with zero attached hydrogens (tertiary/aromatic N) is 3. The van der Waals surface area contributed by atoms with Crippen LogP contribution < -0.4 is 11.5 Å². The van der Waals surface area contributed by atoms with Gasteiger partial charge >= 0.3 is 11.9 Å². The van der Waals surface area contributed by atoms with Crippen LogP contribution in [0.15, 0.2) is 67.1 Å². The molecule has 0 saturated heterocycles. The van der Waals surface area contributed by atoms with Gasteiger partial charge in [-0.25, -0.2) is 14.6 Å². The molecule has 0 aliphatic carbocycles. The maximum absolute atomic E-state index is 10.4. The monoisotopic (exact) mass is 411 g/mol. The molecule has 0 aliphatic heterocycles. The van der Waals surface area contributed by atoms with Crippen molar-refractivity contribution in [3.8, 4) is 0 Å². The van der Waals surface area contributed by atoms with Gasteiger partial charge in [0, 0.05) is 42.8 Å². The molecule has 158 valence electrons. The Morgan fingerprint density at radius 2 is 1.27 bits per heavy atom. The first kappa shape index (κ1) is 24.3. The van der Waals surface area contributed by atoms with Crippen molar-refractivity contribution >= 4 is 11.9 Å². The average molecular weight is 411 g/mol. The Balaban J connectivity index is 0.000000229. The van der Waals surface area contributed by atoms with Gasteiger partial charge in [-0.2, -0.15) is 0 Å². The quantitative estimate of drug-likeness (QED) is 0.471. The van der Waals surface area contributed by atoms with Gasteiger partial charge in [0.05, 0.1) is 5.56 Å². The third-order valence-corrected chi connectivity index (χ3v) is 3.48. The molecule has 0 amide bonds. The standard InChI is InChI=1S/2C7H10N2.C7H5NO4/c2*8-5-4-7-3-1-2-6-9-7;9-6(10)4-1-2-8-5(3-4)7(11)12/h2*1-3,6H,4-5,8H2;1-3H,(H,9,10)(H,11,12). The van der Waals surface area contributed by atoms with Crippen LogP contribution in [0.3, 0.4) is 0 Å². The van der Waals surface area contributed by atoms with E-state index in [2.05, 4.69) is 15.0 Å². The van der Waals surface area contributed by atoms with Crippen LogP contribution in [0.4, 0.5) is 0 Å². The van der Waals surface area contributed by atoms with E-state index in [0.29, 0.717) is 13.1 Å². The van der Waals surface area contributed by atoms with E-state index in [-0.39, 0.29) is 11.3 Å². The van der Waals surface area contributed by atoms with E-state index in [1.54, 1.807) is 12.4 Å². The average Bonchev–Trinajstić information content (AvgIpc) is 2.77. The number of nitrogens with two attached hydrogens (primary N) is 2. The SMILES string of the molecule is NCCc1ccccn1.NCCc1ccccn1.O=C(O)c1ccnc(C(=O)O)c1. The zero-order valence-corrected chi connectivity index (χ0v) is 16.4. The van der Waals surface area contributed by atoms with Gasteiger partial charge in [-0.1, -0.05) is 12.1 Å². The summed E-state index contributed by atoms with van der Waals surface area (Å²) >= 11 is 0. The van der Waals surface area contributed by atoms with Crippen LogP contribution >= 0.6 is 0 Å². The van der Waals surface area contributed by atoms with Gasteiger partial charge in [0.1, 0.15) is 5.69 Å². The van der Waals surface area contributed by atoms with Crippen molar-refractivity contribution in [2.45, 2.75) is 12.8 Å². The molecule has 0 aliphatic rings. The molecule has 0 spiro atoms. The van der Waals surface area contributed by atoms with Crippen molar-refractivity contribution in [3.63, 3.8) is 0 Å². The molecule has 3 aromatic heterocycles. The third kappa shape index (κ3) is 10.0. The Morgan fingerprint density at radius 1 is 0.733 bits per heavy atom. The van der Waals surface area contributed by atoms with Crippen LogP contribution in [-0.2, 0) is 12.8 Å². The molecule has 3 heterocycles. The second-order valence-corrected chi connectivity index (χ2v) is 5.76. The number of aromatic nitrogens is 3. The van der Waals surface area contributed by atoms with E-state index < -0.39 is 11.9 Å². The minimum Gasteiger partial charge on any atom is -0.478 e. The van der Waals surface area contributed by atoms with Gasteiger partial charge in [0.2, 0.25) is 0 Å². The van der Waals surface area contributed by atoms with Crippen molar-refractivity contribution in [1.29, 1.82) is 0 Å². The Bertz CT molecular complexity index is 821. The number of carbonyl (C=O) groups is 2. The fourth-order valence-electron chi connectivity index (χ4n) is 2.07. The van der Waals surface area contributed by atoms with Crippen LogP contribution in [0.2, 0.25) is 0 Å². The lowest BCUT2D eigenvalue weighted by Gasteiger charge is -1.94. The fourth-order valence-corrected chi connectivity index (χ4v) is 2.07. The van der Waals surface area contributed by atoms with Crippen molar-refractivity contribution in [2.24, 2.45) is 11.5 Å². The highest BCUT2D eigenvalue weighted by atomic mass is 16.4. The van der Waals surface area contributed by atoms with E-state index in [1.807, 2.05) is 36.4 Å². The summed E-state index contributed by atoms with van der Waals surface area (Å²) < 4.78 is 0. The Labute approximate surface area is 174 Å². The molecule has 0 fully saturated rings. The van der Waals surface area contributed by atoms with Gasteiger partial charge in [-0.3, -0.25) is 9.97 Å². The molecular weight excluding hydrogens is 386 g/mol. The minimum absolute atomic E-state index is 0.0811.